The minimum absolute atomic E-state index is 0. The molecule has 0 aliphatic carbocycles. The molecular formula is C92H64Ir4N12-12. The summed E-state index contributed by atoms with van der Waals surface area (Å²) in [6.45, 7) is 19.0. The summed E-state index contributed by atoms with van der Waals surface area (Å²) < 4.78 is 0. The largest absolute Gasteiger partial charge is 0.512 e. The summed E-state index contributed by atoms with van der Waals surface area (Å²) in [5.74, 6) is 0. The SMILES string of the molecule is [C-]#N.[C-]#N.[C-]#N.[C-]#N.[Ir].[Ir].[Ir].[Ir].[c-]1ccccc1-c1ccccn1.[c-]1ccccc1-c1ccccn1.[c-]1ccccc1-c1ccccn1.[c-]1ccccc1-c1ccccn1.[c-]1ccccc1-c1ccccn1.[c-]1ccccc1-c1ccccn1.[c-]1ccccc1-c1ccccn1.[c-]1ccccc1-c1ccccn1. The van der Waals surface area contributed by atoms with Gasteiger partial charge in [-0.05, 0) is 94.1 Å². The second-order valence-electron chi connectivity index (χ2n) is 19.9. The van der Waals surface area contributed by atoms with E-state index in [0.29, 0.717) is 0 Å². The van der Waals surface area contributed by atoms with Crippen LogP contribution < -0.4 is 0 Å². The molecule has 16 aromatic rings. The maximum atomic E-state index is 6.25. The maximum Gasteiger partial charge on any atom is 0.0160 e. The first-order valence-electron chi connectivity index (χ1n) is 31.7. The number of hydrogen-bond donors (Lipinski definition) is 0. The Bertz CT molecular complexity index is 3550. The van der Waals surface area contributed by atoms with Crippen molar-refractivity contribution >= 4 is 0 Å². The zero-order valence-electron chi connectivity index (χ0n) is 57.7. The first kappa shape index (κ1) is 93.5. The van der Waals surface area contributed by atoms with Gasteiger partial charge in [-0.25, -0.2) is 0 Å². The van der Waals surface area contributed by atoms with Crippen molar-refractivity contribution in [3.8, 4) is 90.1 Å². The van der Waals surface area contributed by atoms with Crippen LogP contribution in [0, 0.1) is 95.9 Å². The second kappa shape index (κ2) is 61.9. The van der Waals surface area contributed by atoms with Crippen LogP contribution in [0.2, 0.25) is 0 Å². The molecule has 0 saturated carbocycles. The third kappa shape index (κ3) is 36.8. The van der Waals surface area contributed by atoms with Crippen molar-refractivity contribution in [3.63, 3.8) is 0 Å². The summed E-state index contributed by atoms with van der Waals surface area (Å²) in [7, 11) is 0. The van der Waals surface area contributed by atoms with E-state index in [4.69, 9.17) is 47.3 Å². The van der Waals surface area contributed by atoms with Crippen LogP contribution in [0.15, 0.2) is 389 Å². The number of benzene rings is 8. The normalized spacial score (nSPS) is 8.67. The number of aromatic nitrogens is 8. The Kier molecular flexibility index (Phi) is 53.6. The van der Waals surface area contributed by atoms with Gasteiger partial charge in [0.1, 0.15) is 0 Å². The number of rotatable bonds is 8. The molecule has 0 atom stereocenters. The van der Waals surface area contributed by atoms with Crippen molar-refractivity contribution in [1.29, 1.82) is 21.0 Å². The maximum absolute atomic E-state index is 6.25. The van der Waals surface area contributed by atoms with Crippen LogP contribution in [0.3, 0.4) is 0 Å². The average Bonchev–Trinajstić information content (AvgIpc) is 0.963. The first-order chi connectivity index (χ1) is 51.7. The molecule has 8 aromatic heterocycles. The first-order valence-corrected chi connectivity index (χ1v) is 31.7. The van der Waals surface area contributed by atoms with Crippen molar-refractivity contribution in [3.05, 3.63) is 464 Å². The molecule has 0 fully saturated rings. The molecule has 0 bridgehead atoms. The van der Waals surface area contributed by atoms with Crippen LogP contribution in [0.25, 0.3) is 90.1 Å². The Morgan fingerprint density at radius 3 is 0.324 bits per heavy atom. The molecule has 0 saturated heterocycles. The van der Waals surface area contributed by atoms with Crippen molar-refractivity contribution in [2.24, 2.45) is 0 Å². The van der Waals surface area contributed by atoms with Crippen LogP contribution in [0.5, 0.6) is 0 Å². The van der Waals surface area contributed by atoms with Crippen molar-refractivity contribution in [2.75, 3.05) is 0 Å². The predicted octanol–water partition coefficient (Wildman–Crippen LogP) is 20.8. The molecule has 0 aliphatic rings. The third-order valence-corrected chi connectivity index (χ3v) is 13.2. The predicted molar refractivity (Wildman–Crippen MR) is 408 cm³/mol. The molecule has 0 N–H and O–H groups in total. The Labute approximate surface area is 689 Å². The molecule has 8 aromatic carbocycles. The zero-order valence-corrected chi connectivity index (χ0v) is 67.2. The van der Waals surface area contributed by atoms with E-state index in [9.17, 15) is 0 Å². The van der Waals surface area contributed by atoms with Crippen molar-refractivity contribution in [2.45, 2.75) is 0 Å². The Balaban J connectivity index is 0.000000605. The number of nitrogens with zero attached hydrogens (tertiary/aromatic N) is 12. The fourth-order valence-electron chi connectivity index (χ4n) is 8.60. The van der Waals surface area contributed by atoms with Gasteiger partial charge in [0.05, 0.1) is 0 Å². The van der Waals surface area contributed by atoms with Gasteiger partial charge in [0, 0.05) is 130 Å². The smallest absolute Gasteiger partial charge is 0.0160 e. The molecule has 8 heterocycles. The van der Waals surface area contributed by atoms with Gasteiger partial charge in [0.15, 0.2) is 0 Å². The summed E-state index contributed by atoms with van der Waals surface area (Å²) in [4.78, 5) is 33.7. The minimum Gasteiger partial charge on any atom is -0.512 e. The van der Waals surface area contributed by atoms with Gasteiger partial charge in [-0.15, -0.1) is 287 Å². The topological polar surface area (TPSA) is 198 Å². The monoisotopic (exact) mass is 2110 g/mol. The van der Waals surface area contributed by atoms with Crippen molar-refractivity contribution < 1.29 is 80.4 Å². The number of pyridine rings is 8. The van der Waals surface area contributed by atoms with Gasteiger partial charge in [-0.1, -0.05) is 97.1 Å². The van der Waals surface area contributed by atoms with E-state index in [-0.39, 0.29) is 80.4 Å². The van der Waals surface area contributed by atoms with Gasteiger partial charge >= 0.3 is 0 Å². The van der Waals surface area contributed by atoms with Gasteiger partial charge in [-0.3, -0.25) is 0 Å². The Hall–Kier alpha value is -12.5. The zero-order chi connectivity index (χ0) is 73.8. The van der Waals surface area contributed by atoms with E-state index in [1.807, 2.05) is 340 Å². The fraction of sp³-hybridized carbons (Fsp3) is 0. The van der Waals surface area contributed by atoms with E-state index >= 15 is 0 Å². The molecule has 0 spiro atoms. The van der Waals surface area contributed by atoms with Crippen LogP contribution in [-0.2, 0) is 80.4 Å². The summed E-state index contributed by atoms with van der Waals surface area (Å²) in [6.07, 6.45) is 14.3. The molecule has 16 heteroatoms. The standard InChI is InChI=1S/8C11H8N.4CN.4Ir/c8*1-2-6-10(7-3-1)11-8-4-5-9-12-11;4*1-2;;;;/h8*1-6,8-9H;;;;;;;;/q12*-1;;;;. The van der Waals surface area contributed by atoms with E-state index in [1.54, 1.807) is 49.6 Å². The van der Waals surface area contributed by atoms with Gasteiger partial charge in [0.2, 0.25) is 0 Å². The number of hydrogen-bond acceptors (Lipinski definition) is 12. The Morgan fingerprint density at radius 1 is 0.148 bits per heavy atom. The second-order valence-corrected chi connectivity index (χ2v) is 19.9. The summed E-state index contributed by atoms with van der Waals surface area (Å²) in [5.41, 5.74) is 16.1. The average molecular weight is 2110 g/mol. The molecule has 12 nitrogen and oxygen atoms in total. The van der Waals surface area contributed by atoms with Gasteiger partial charge in [-0.2, -0.15) is 0 Å². The molecule has 0 amide bonds. The molecule has 4 radical (unpaired) electrons. The summed E-state index contributed by atoms with van der Waals surface area (Å²) in [6, 6.07) is 135. The minimum atomic E-state index is 0. The Morgan fingerprint density at radius 2 is 0.250 bits per heavy atom. The van der Waals surface area contributed by atoms with Crippen molar-refractivity contribution in [1.82, 2.24) is 39.9 Å². The van der Waals surface area contributed by atoms with E-state index < -0.39 is 0 Å². The van der Waals surface area contributed by atoms with Crippen LogP contribution in [-0.4, -0.2) is 39.9 Å². The summed E-state index contributed by atoms with van der Waals surface area (Å²) >= 11 is 0. The molecule has 0 aliphatic heterocycles. The third-order valence-electron chi connectivity index (χ3n) is 13.2. The van der Waals surface area contributed by atoms with Crippen LogP contribution in [0.4, 0.5) is 0 Å². The van der Waals surface area contributed by atoms with Crippen LogP contribution >= 0.6 is 0 Å². The quantitative estimate of drug-likeness (QED) is 0.131. The summed E-state index contributed by atoms with van der Waals surface area (Å²) in [5, 5.41) is 25.0. The van der Waals surface area contributed by atoms with Gasteiger partial charge < -0.3 is 87.2 Å². The molecule has 0 unspecified atom stereocenters. The molecule has 540 valence electrons. The van der Waals surface area contributed by atoms with Crippen LogP contribution in [0.1, 0.15) is 0 Å². The van der Waals surface area contributed by atoms with E-state index in [2.05, 4.69) is 88.4 Å². The molecular weight excluding hydrogens is 2040 g/mol. The fourth-order valence-corrected chi connectivity index (χ4v) is 8.60. The van der Waals surface area contributed by atoms with Gasteiger partial charge in [0.25, 0.3) is 0 Å². The molecule has 108 heavy (non-hydrogen) atoms. The van der Waals surface area contributed by atoms with E-state index in [1.165, 1.54) is 0 Å². The van der Waals surface area contributed by atoms with E-state index in [0.717, 1.165) is 90.1 Å². The molecule has 16 rings (SSSR count).